The Morgan fingerprint density at radius 3 is 2.45 bits per heavy atom. The maximum Gasteiger partial charge on any atom is 0.161 e. The highest BCUT2D eigenvalue weighted by Gasteiger charge is 2.18. The third-order valence-electron chi connectivity index (χ3n) is 5.42. The Labute approximate surface area is 176 Å². The van der Waals surface area contributed by atoms with Crippen molar-refractivity contribution in [2.45, 2.75) is 32.5 Å². The topological polar surface area (TPSA) is 57.6 Å². The predicted octanol–water partition coefficient (Wildman–Crippen LogP) is 1.54. The molecule has 0 radical (unpaired) electrons. The van der Waals surface area contributed by atoms with Crippen molar-refractivity contribution >= 4 is 0 Å². The van der Waals surface area contributed by atoms with E-state index in [9.17, 15) is 5.11 Å². The highest BCUT2D eigenvalue weighted by molar-refractivity contribution is 5.43. The SMILES string of the molecule is COCCN(Cc1ccc(OC)c(OCC(O)CN2CCN(C)CC2)c1)C(C)C. The van der Waals surface area contributed by atoms with E-state index in [0.717, 1.165) is 44.8 Å². The van der Waals surface area contributed by atoms with Gasteiger partial charge in [-0.15, -0.1) is 0 Å². The van der Waals surface area contributed by atoms with E-state index < -0.39 is 6.10 Å². The summed E-state index contributed by atoms with van der Waals surface area (Å²) >= 11 is 0. The molecular weight excluding hydrogens is 370 g/mol. The molecule has 0 aromatic heterocycles. The summed E-state index contributed by atoms with van der Waals surface area (Å²) in [7, 11) is 5.50. The highest BCUT2D eigenvalue weighted by Crippen LogP contribution is 2.29. The zero-order valence-electron chi connectivity index (χ0n) is 18.8. The van der Waals surface area contributed by atoms with Crippen LogP contribution in [0, 0.1) is 0 Å². The van der Waals surface area contributed by atoms with Gasteiger partial charge in [0.15, 0.2) is 11.5 Å². The minimum Gasteiger partial charge on any atom is -0.493 e. The highest BCUT2D eigenvalue weighted by atomic mass is 16.5. The van der Waals surface area contributed by atoms with Crippen molar-refractivity contribution in [2.24, 2.45) is 0 Å². The average Bonchev–Trinajstić information content (AvgIpc) is 2.71. The number of aliphatic hydroxyl groups excluding tert-OH is 1. The first-order chi connectivity index (χ1) is 13.9. The number of aliphatic hydroxyl groups is 1. The van der Waals surface area contributed by atoms with Gasteiger partial charge in [-0.2, -0.15) is 0 Å². The molecular formula is C22H39N3O4. The van der Waals surface area contributed by atoms with Crippen molar-refractivity contribution in [3.05, 3.63) is 23.8 Å². The van der Waals surface area contributed by atoms with Gasteiger partial charge >= 0.3 is 0 Å². The van der Waals surface area contributed by atoms with Crippen LogP contribution in [-0.4, -0.2) is 106 Å². The number of β-amino-alcohol motifs (C(OH)–C–C–N with tert-alkyl or cyclic N) is 1. The Kier molecular flexibility index (Phi) is 10.2. The van der Waals surface area contributed by atoms with E-state index in [2.05, 4.69) is 41.7 Å². The second kappa shape index (κ2) is 12.3. The molecule has 1 aliphatic rings. The molecule has 1 aromatic rings. The van der Waals surface area contributed by atoms with Gasteiger partial charge in [0, 0.05) is 59.0 Å². The minimum absolute atomic E-state index is 0.254. The molecule has 1 saturated heterocycles. The molecule has 1 aromatic carbocycles. The van der Waals surface area contributed by atoms with Gasteiger partial charge in [0.05, 0.1) is 13.7 Å². The fraction of sp³-hybridized carbons (Fsp3) is 0.727. The number of methoxy groups -OCH3 is 2. The van der Waals surface area contributed by atoms with Crippen molar-refractivity contribution in [1.82, 2.24) is 14.7 Å². The lowest BCUT2D eigenvalue weighted by atomic mass is 10.1. The van der Waals surface area contributed by atoms with Crippen molar-refractivity contribution in [3.8, 4) is 11.5 Å². The van der Waals surface area contributed by atoms with E-state index in [1.807, 2.05) is 12.1 Å². The average molecular weight is 410 g/mol. The van der Waals surface area contributed by atoms with Crippen LogP contribution in [0.5, 0.6) is 11.5 Å². The Balaban J connectivity index is 1.93. The van der Waals surface area contributed by atoms with Crippen LogP contribution >= 0.6 is 0 Å². The third kappa shape index (κ3) is 8.10. The van der Waals surface area contributed by atoms with Crippen LogP contribution in [0.4, 0.5) is 0 Å². The molecule has 1 unspecified atom stereocenters. The first-order valence-electron chi connectivity index (χ1n) is 10.5. The van der Waals surface area contributed by atoms with Gasteiger partial charge in [-0.05, 0) is 38.6 Å². The molecule has 0 bridgehead atoms. The monoisotopic (exact) mass is 409 g/mol. The van der Waals surface area contributed by atoms with Gasteiger partial charge < -0.3 is 24.2 Å². The van der Waals surface area contributed by atoms with Crippen LogP contribution in [0.2, 0.25) is 0 Å². The molecule has 1 atom stereocenters. The molecule has 7 heteroatoms. The number of hydrogen-bond donors (Lipinski definition) is 1. The van der Waals surface area contributed by atoms with Crippen molar-refractivity contribution in [1.29, 1.82) is 0 Å². The summed E-state index contributed by atoms with van der Waals surface area (Å²) in [5.41, 5.74) is 1.15. The smallest absolute Gasteiger partial charge is 0.161 e. The Hall–Kier alpha value is -1.38. The Morgan fingerprint density at radius 2 is 1.83 bits per heavy atom. The standard InChI is InChI=1S/C22H39N3O4/c1-18(2)25(12-13-27-4)15-19-6-7-21(28-5)22(14-19)29-17-20(26)16-24-10-8-23(3)9-11-24/h6-7,14,18,20,26H,8-13,15-17H2,1-5H3. The summed E-state index contributed by atoms with van der Waals surface area (Å²) < 4.78 is 16.6. The molecule has 29 heavy (non-hydrogen) atoms. The van der Waals surface area contributed by atoms with Gasteiger partial charge in [-0.25, -0.2) is 0 Å². The van der Waals surface area contributed by atoms with Crippen LogP contribution in [0.15, 0.2) is 18.2 Å². The van der Waals surface area contributed by atoms with Crippen LogP contribution in [0.1, 0.15) is 19.4 Å². The van der Waals surface area contributed by atoms with Crippen molar-refractivity contribution in [2.75, 3.05) is 73.7 Å². The molecule has 0 spiro atoms. The Morgan fingerprint density at radius 1 is 1.10 bits per heavy atom. The first-order valence-corrected chi connectivity index (χ1v) is 10.5. The first kappa shape index (κ1) is 23.9. The number of likely N-dealkylation sites (N-methyl/N-ethyl adjacent to an activating group) is 1. The minimum atomic E-state index is -0.527. The summed E-state index contributed by atoms with van der Waals surface area (Å²) in [5.74, 6) is 1.37. The lowest BCUT2D eigenvalue weighted by Gasteiger charge is -2.33. The van der Waals surface area contributed by atoms with Crippen LogP contribution in [-0.2, 0) is 11.3 Å². The molecule has 1 N–H and O–H groups in total. The number of benzene rings is 1. The second-order valence-corrected chi connectivity index (χ2v) is 8.11. The summed E-state index contributed by atoms with van der Waals surface area (Å²) in [6.07, 6.45) is -0.527. The van der Waals surface area contributed by atoms with Crippen LogP contribution < -0.4 is 9.47 Å². The largest absolute Gasteiger partial charge is 0.493 e. The number of hydrogen-bond acceptors (Lipinski definition) is 7. The van der Waals surface area contributed by atoms with Gasteiger partial charge in [-0.3, -0.25) is 9.80 Å². The van der Waals surface area contributed by atoms with E-state index in [-0.39, 0.29) is 6.61 Å². The van der Waals surface area contributed by atoms with E-state index in [4.69, 9.17) is 14.2 Å². The second-order valence-electron chi connectivity index (χ2n) is 8.11. The summed E-state index contributed by atoms with van der Waals surface area (Å²) in [6.45, 7) is 11.7. The normalized spacial score (nSPS) is 17.1. The molecule has 1 fully saturated rings. The maximum absolute atomic E-state index is 10.4. The number of nitrogens with zero attached hydrogens (tertiary/aromatic N) is 3. The lowest BCUT2D eigenvalue weighted by Crippen LogP contribution is -2.47. The molecule has 0 aliphatic carbocycles. The molecule has 7 nitrogen and oxygen atoms in total. The molecule has 166 valence electrons. The Bertz CT molecular complexity index is 591. The van der Waals surface area contributed by atoms with Crippen molar-refractivity contribution in [3.63, 3.8) is 0 Å². The van der Waals surface area contributed by atoms with E-state index in [1.165, 1.54) is 0 Å². The molecule has 1 heterocycles. The lowest BCUT2D eigenvalue weighted by molar-refractivity contribution is 0.0497. The summed E-state index contributed by atoms with van der Waals surface area (Å²) in [5, 5.41) is 10.4. The number of ether oxygens (including phenoxy) is 3. The van der Waals surface area contributed by atoms with E-state index in [0.29, 0.717) is 30.7 Å². The number of rotatable bonds is 12. The number of piperazine rings is 1. The fourth-order valence-electron chi connectivity index (χ4n) is 3.46. The quantitative estimate of drug-likeness (QED) is 0.562. The zero-order valence-corrected chi connectivity index (χ0v) is 18.8. The summed E-state index contributed by atoms with van der Waals surface area (Å²) in [6, 6.07) is 6.44. The zero-order chi connectivity index (χ0) is 21.2. The third-order valence-corrected chi connectivity index (χ3v) is 5.42. The van der Waals surface area contributed by atoms with Gasteiger partial charge in [0.25, 0.3) is 0 Å². The van der Waals surface area contributed by atoms with Gasteiger partial charge in [0.1, 0.15) is 12.7 Å². The van der Waals surface area contributed by atoms with Gasteiger partial charge in [0.2, 0.25) is 0 Å². The fourth-order valence-corrected chi connectivity index (χ4v) is 3.46. The summed E-state index contributed by atoms with van der Waals surface area (Å²) in [4.78, 5) is 6.96. The maximum atomic E-state index is 10.4. The predicted molar refractivity (Wildman–Crippen MR) is 116 cm³/mol. The molecule has 0 amide bonds. The van der Waals surface area contributed by atoms with Crippen LogP contribution in [0.25, 0.3) is 0 Å². The van der Waals surface area contributed by atoms with E-state index in [1.54, 1.807) is 14.2 Å². The molecule has 0 saturated carbocycles. The van der Waals surface area contributed by atoms with Crippen molar-refractivity contribution < 1.29 is 19.3 Å². The van der Waals surface area contributed by atoms with E-state index >= 15 is 0 Å². The van der Waals surface area contributed by atoms with Crippen LogP contribution in [0.3, 0.4) is 0 Å². The molecule has 2 rings (SSSR count). The van der Waals surface area contributed by atoms with Gasteiger partial charge in [-0.1, -0.05) is 6.07 Å². The molecule has 1 aliphatic heterocycles.